The topological polar surface area (TPSA) is 185 Å². The van der Waals surface area contributed by atoms with E-state index in [4.69, 9.17) is 11.5 Å². The lowest BCUT2D eigenvalue weighted by Crippen LogP contribution is -2.71. The van der Waals surface area contributed by atoms with Gasteiger partial charge in [0.05, 0.1) is 0 Å². The van der Waals surface area contributed by atoms with E-state index in [9.17, 15) is 29.4 Å². The van der Waals surface area contributed by atoms with Crippen molar-refractivity contribution >= 4 is 35.6 Å². The van der Waals surface area contributed by atoms with E-state index >= 15 is 0 Å². The number of nitrogens with two attached hydrogens (primary N) is 2. The van der Waals surface area contributed by atoms with Gasteiger partial charge in [-0.2, -0.15) is 0 Å². The Balaban J connectivity index is 1.71. The molecule has 0 radical (unpaired) electrons. The van der Waals surface area contributed by atoms with E-state index in [0.717, 1.165) is 4.90 Å². The van der Waals surface area contributed by atoms with Crippen LogP contribution in [0.5, 0.6) is 5.75 Å². The first-order valence-electron chi connectivity index (χ1n) is 8.37. The molecule has 12 heteroatoms. The number of hydrogen-bond acceptors (Lipinski definition) is 8. The summed E-state index contributed by atoms with van der Waals surface area (Å²) in [5, 5.41) is 20.7. The number of β-lactam (4-membered cyclic amide) rings is 1. The van der Waals surface area contributed by atoms with Crippen LogP contribution >= 0.6 is 11.8 Å². The second-order valence-electron chi connectivity index (χ2n) is 6.33. The number of benzene rings is 1. The number of carboxylic acid groups (broad SMARTS) is 1. The number of thioether (sulfide) groups is 1. The van der Waals surface area contributed by atoms with Crippen LogP contribution in [0.25, 0.3) is 0 Å². The van der Waals surface area contributed by atoms with Gasteiger partial charge < -0.3 is 31.7 Å². The van der Waals surface area contributed by atoms with Crippen molar-refractivity contribution in [1.82, 2.24) is 10.2 Å². The number of ether oxygens (including phenoxy) is 1. The first kappa shape index (κ1) is 20.5. The predicted octanol–water partition coefficient (Wildman–Crippen LogP) is -0.774. The zero-order chi connectivity index (χ0) is 21.3. The fraction of sp³-hybridized carbons (Fsp3) is 0.294. The standard InChI is InChI=1S/C17H18N4O7S/c18-10(7-1-3-9(22)4-2-7)13(23)20-11-14(24)21-12(16(25)26)8(5-28-17(19)27)6-29-15(11)21/h1-4,10-11,15,22H,5-6,18H2,(H2,19,27)(H,20,23)(H,25,26)/t10?,11?,15-/m1/s1. The Kier molecular flexibility index (Phi) is 5.66. The van der Waals surface area contributed by atoms with Gasteiger partial charge in [-0.25, -0.2) is 9.59 Å². The Hall–Kier alpha value is -3.25. The fourth-order valence-corrected chi connectivity index (χ4v) is 4.36. The molecular weight excluding hydrogens is 404 g/mol. The molecule has 3 rings (SSSR count). The smallest absolute Gasteiger partial charge is 0.404 e. The Bertz CT molecular complexity index is 902. The van der Waals surface area contributed by atoms with E-state index in [1.165, 1.54) is 36.0 Å². The van der Waals surface area contributed by atoms with E-state index in [2.05, 4.69) is 10.1 Å². The summed E-state index contributed by atoms with van der Waals surface area (Å²) >= 11 is 1.22. The summed E-state index contributed by atoms with van der Waals surface area (Å²) in [6.45, 7) is -0.344. The van der Waals surface area contributed by atoms with Crippen LogP contribution in [0.1, 0.15) is 11.6 Å². The van der Waals surface area contributed by atoms with Crippen molar-refractivity contribution in [2.45, 2.75) is 17.5 Å². The maximum absolute atomic E-state index is 12.5. The molecule has 29 heavy (non-hydrogen) atoms. The largest absolute Gasteiger partial charge is 0.508 e. The van der Waals surface area contributed by atoms with Crippen LogP contribution in [0.3, 0.4) is 0 Å². The normalized spacial score (nSPS) is 21.7. The van der Waals surface area contributed by atoms with Gasteiger partial charge in [0.15, 0.2) is 0 Å². The van der Waals surface area contributed by atoms with Crippen LogP contribution in [0.2, 0.25) is 0 Å². The van der Waals surface area contributed by atoms with Crippen molar-refractivity contribution in [2.75, 3.05) is 12.4 Å². The zero-order valence-corrected chi connectivity index (χ0v) is 15.7. The number of phenolic OH excluding ortho intramolecular Hbond substituents is 1. The number of rotatable bonds is 6. The number of hydrogen-bond donors (Lipinski definition) is 5. The van der Waals surface area contributed by atoms with E-state index in [1.54, 1.807) is 0 Å². The molecule has 1 aromatic carbocycles. The molecule has 2 aliphatic heterocycles. The van der Waals surface area contributed by atoms with Gasteiger partial charge in [-0.3, -0.25) is 14.5 Å². The first-order chi connectivity index (χ1) is 13.7. The highest BCUT2D eigenvalue weighted by molar-refractivity contribution is 8.00. The third kappa shape index (κ3) is 3.98. The molecule has 11 nitrogen and oxygen atoms in total. The maximum Gasteiger partial charge on any atom is 0.404 e. The average Bonchev–Trinajstić information content (AvgIpc) is 2.69. The van der Waals surface area contributed by atoms with Gasteiger partial charge in [0, 0.05) is 11.3 Å². The number of phenols is 1. The Morgan fingerprint density at radius 1 is 1.31 bits per heavy atom. The SMILES string of the molecule is NC(=O)OCC1=C(C(=O)O)N2C(=O)C(NC(=O)C(N)c3ccc(O)cc3)[C@H]2SC1. The van der Waals surface area contributed by atoms with Gasteiger partial charge in [-0.1, -0.05) is 12.1 Å². The van der Waals surface area contributed by atoms with Gasteiger partial charge in [0.1, 0.15) is 35.5 Å². The molecule has 154 valence electrons. The third-order valence-electron chi connectivity index (χ3n) is 4.47. The summed E-state index contributed by atoms with van der Waals surface area (Å²) in [6.07, 6.45) is -1.06. The van der Waals surface area contributed by atoms with E-state index in [0.29, 0.717) is 5.56 Å². The number of primary amides is 1. The molecule has 0 aliphatic carbocycles. The molecule has 2 heterocycles. The monoisotopic (exact) mass is 422 g/mol. The number of aliphatic carboxylic acids is 1. The number of carbonyl (C=O) groups is 4. The molecule has 3 atom stereocenters. The minimum atomic E-state index is -1.35. The number of amides is 3. The molecule has 1 fully saturated rings. The van der Waals surface area contributed by atoms with Crippen molar-refractivity contribution in [1.29, 1.82) is 0 Å². The highest BCUT2D eigenvalue weighted by Crippen LogP contribution is 2.40. The molecule has 2 aliphatic rings. The lowest BCUT2D eigenvalue weighted by molar-refractivity contribution is -0.151. The zero-order valence-electron chi connectivity index (χ0n) is 14.9. The summed E-state index contributed by atoms with van der Waals surface area (Å²) < 4.78 is 4.65. The van der Waals surface area contributed by atoms with E-state index < -0.39 is 41.3 Å². The van der Waals surface area contributed by atoms with Crippen molar-refractivity contribution in [2.24, 2.45) is 11.5 Å². The van der Waals surface area contributed by atoms with Crippen LogP contribution in [-0.4, -0.2) is 62.8 Å². The van der Waals surface area contributed by atoms with Crippen LogP contribution in [0.4, 0.5) is 4.79 Å². The number of nitrogens with one attached hydrogen (secondary N) is 1. The molecule has 1 saturated heterocycles. The van der Waals surface area contributed by atoms with Crippen molar-refractivity contribution < 1.29 is 34.1 Å². The lowest BCUT2D eigenvalue weighted by Gasteiger charge is -2.49. The number of fused-ring (bicyclic) bond motifs is 1. The Morgan fingerprint density at radius 3 is 2.55 bits per heavy atom. The minimum Gasteiger partial charge on any atom is -0.508 e. The summed E-state index contributed by atoms with van der Waals surface area (Å²) in [5.74, 6) is -2.37. The first-order valence-corrected chi connectivity index (χ1v) is 9.42. The number of carbonyl (C=O) groups excluding carboxylic acids is 3. The molecule has 0 saturated carbocycles. The maximum atomic E-state index is 12.5. The predicted molar refractivity (Wildman–Crippen MR) is 100 cm³/mol. The molecule has 0 spiro atoms. The number of carboxylic acids is 1. The molecule has 2 unspecified atom stereocenters. The second kappa shape index (κ2) is 8.01. The van der Waals surface area contributed by atoms with Gasteiger partial charge in [-0.15, -0.1) is 11.8 Å². The van der Waals surface area contributed by atoms with Gasteiger partial charge in [0.25, 0.3) is 5.91 Å². The average molecular weight is 422 g/mol. The minimum absolute atomic E-state index is 0.0221. The summed E-state index contributed by atoms with van der Waals surface area (Å²) in [4.78, 5) is 48.4. The van der Waals surface area contributed by atoms with Crippen molar-refractivity contribution in [3.63, 3.8) is 0 Å². The number of aromatic hydroxyl groups is 1. The van der Waals surface area contributed by atoms with E-state index in [1.807, 2.05) is 0 Å². The molecular formula is C17H18N4O7S. The molecule has 0 bridgehead atoms. The van der Waals surface area contributed by atoms with Crippen LogP contribution < -0.4 is 16.8 Å². The number of nitrogens with zero attached hydrogens (tertiary/aromatic N) is 1. The van der Waals surface area contributed by atoms with Gasteiger partial charge in [-0.05, 0) is 17.7 Å². The highest BCUT2D eigenvalue weighted by Gasteiger charge is 2.54. The van der Waals surface area contributed by atoms with Crippen molar-refractivity contribution in [3.05, 3.63) is 41.1 Å². The van der Waals surface area contributed by atoms with Crippen molar-refractivity contribution in [3.8, 4) is 5.75 Å². The molecule has 1 aromatic rings. The highest BCUT2D eigenvalue weighted by atomic mass is 32.2. The summed E-state index contributed by atoms with van der Waals surface area (Å²) in [5.41, 5.74) is 11.2. The van der Waals surface area contributed by atoms with Crippen LogP contribution in [0.15, 0.2) is 35.5 Å². The van der Waals surface area contributed by atoms with E-state index in [-0.39, 0.29) is 29.4 Å². The third-order valence-corrected chi connectivity index (χ3v) is 5.81. The van der Waals surface area contributed by atoms with Crippen LogP contribution in [-0.2, 0) is 19.1 Å². The Morgan fingerprint density at radius 2 is 1.97 bits per heavy atom. The van der Waals surface area contributed by atoms with Crippen LogP contribution in [0, 0.1) is 0 Å². The van der Waals surface area contributed by atoms with Gasteiger partial charge in [0.2, 0.25) is 5.91 Å². The molecule has 0 aromatic heterocycles. The summed E-state index contributed by atoms with van der Waals surface area (Å²) in [7, 11) is 0. The lowest BCUT2D eigenvalue weighted by atomic mass is 10.0. The molecule has 3 amide bonds. The fourth-order valence-electron chi connectivity index (χ4n) is 3.03. The summed E-state index contributed by atoms with van der Waals surface area (Å²) in [6, 6.07) is 3.73. The molecule has 7 N–H and O–H groups in total. The quantitative estimate of drug-likeness (QED) is 0.367. The van der Waals surface area contributed by atoms with Gasteiger partial charge >= 0.3 is 12.1 Å². The Labute approximate surface area is 168 Å². The second-order valence-corrected chi connectivity index (χ2v) is 7.44.